The van der Waals surface area contributed by atoms with Gasteiger partial charge in [-0.3, -0.25) is 4.98 Å². The van der Waals surface area contributed by atoms with Gasteiger partial charge in [0, 0.05) is 11.4 Å². The molecule has 0 bridgehead atoms. The van der Waals surface area contributed by atoms with E-state index in [1.54, 1.807) is 6.20 Å². The van der Waals surface area contributed by atoms with Crippen molar-refractivity contribution in [3.63, 3.8) is 0 Å². The molecule has 0 radical (unpaired) electrons. The van der Waals surface area contributed by atoms with Gasteiger partial charge in [0.15, 0.2) is 0 Å². The lowest BCUT2D eigenvalue weighted by Crippen LogP contribution is -2.09. The monoisotopic (exact) mass is 263 g/mol. The number of fused-ring (bicyclic) bond motifs is 1. The van der Waals surface area contributed by atoms with Gasteiger partial charge >= 0.3 is 0 Å². The zero-order valence-electron chi connectivity index (χ0n) is 11.4. The Hall–Kier alpha value is -2.55. The second-order valence-electron chi connectivity index (χ2n) is 4.88. The van der Waals surface area contributed by atoms with Gasteiger partial charge in [0.05, 0.1) is 23.1 Å². The molecule has 2 aromatic carbocycles. The van der Waals surface area contributed by atoms with Crippen LogP contribution in [0.25, 0.3) is 10.9 Å². The normalized spacial score (nSPS) is 12.2. The second-order valence-corrected chi connectivity index (χ2v) is 4.88. The molecule has 3 rings (SSSR count). The van der Waals surface area contributed by atoms with Crippen LogP contribution >= 0.6 is 0 Å². The summed E-state index contributed by atoms with van der Waals surface area (Å²) >= 11 is 0. The molecular formula is C17H17N3. The Balaban J connectivity index is 2.00. The first-order valence-corrected chi connectivity index (χ1v) is 6.70. The minimum atomic E-state index is 0.185. The van der Waals surface area contributed by atoms with Crippen LogP contribution in [0.3, 0.4) is 0 Å². The summed E-state index contributed by atoms with van der Waals surface area (Å²) in [6, 6.07) is 18.5. The standard InChI is InChI=1S/C17H17N3/c1-12(13-7-3-2-4-8-13)20-17-14-9-5-6-10-16(14)19-11-15(17)18/h2-12H,18H2,1H3,(H,19,20). The summed E-state index contributed by atoms with van der Waals surface area (Å²) in [4.78, 5) is 4.36. The van der Waals surface area contributed by atoms with Crippen LogP contribution in [0.15, 0.2) is 60.8 Å². The Morgan fingerprint density at radius 1 is 1.00 bits per heavy atom. The zero-order chi connectivity index (χ0) is 13.9. The van der Waals surface area contributed by atoms with E-state index in [9.17, 15) is 0 Å². The fraction of sp³-hybridized carbons (Fsp3) is 0.118. The van der Waals surface area contributed by atoms with E-state index in [-0.39, 0.29) is 6.04 Å². The molecule has 0 aliphatic rings. The Bertz CT molecular complexity index is 723. The van der Waals surface area contributed by atoms with Crippen molar-refractivity contribution in [3.8, 4) is 0 Å². The minimum absolute atomic E-state index is 0.185. The maximum Gasteiger partial charge on any atom is 0.0743 e. The number of para-hydroxylation sites is 1. The third-order valence-electron chi connectivity index (χ3n) is 3.47. The molecular weight excluding hydrogens is 246 g/mol. The van der Waals surface area contributed by atoms with E-state index in [4.69, 9.17) is 5.73 Å². The van der Waals surface area contributed by atoms with Gasteiger partial charge in [-0.1, -0.05) is 48.5 Å². The molecule has 0 saturated carbocycles. The van der Waals surface area contributed by atoms with Gasteiger partial charge in [-0.25, -0.2) is 0 Å². The number of aromatic nitrogens is 1. The van der Waals surface area contributed by atoms with Crippen molar-refractivity contribution in [1.29, 1.82) is 0 Å². The van der Waals surface area contributed by atoms with Crippen molar-refractivity contribution in [2.24, 2.45) is 0 Å². The highest BCUT2D eigenvalue weighted by Gasteiger charge is 2.10. The molecule has 0 aliphatic heterocycles. The summed E-state index contributed by atoms with van der Waals surface area (Å²) in [6.07, 6.45) is 1.71. The molecule has 3 heteroatoms. The van der Waals surface area contributed by atoms with Gasteiger partial charge in [-0.05, 0) is 18.6 Å². The average molecular weight is 263 g/mol. The average Bonchev–Trinajstić information content (AvgIpc) is 2.51. The molecule has 0 saturated heterocycles. The van der Waals surface area contributed by atoms with E-state index >= 15 is 0 Å². The van der Waals surface area contributed by atoms with Gasteiger partial charge in [0.2, 0.25) is 0 Å². The lowest BCUT2D eigenvalue weighted by molar-refractivity contribution is 0.887. The molecule has 3 N–H and O–H groups in total. The summed E-state index contributed by atoms with van der Waals surface area (Å²) in [5.74, 6) is 0. The van der Waals surface area contributed by atoms with Gasteiger partial charge in [0.25, 0.3) is 0 Å². The lowest BCUT2D eigenvalue weighted by atomic mass is 10.1. The van der Waals surface area contributed by atoms with E-state index in [2.05, 4.69) is 29.4 Å². The van der Waals surface area contributed by atoms with Crippen LogP contribution in [-0.2, 0) is 0 Å². The van der Waals surface area contributed by atoms with Crippen molar-refractivity contribution in [3.05, 3.63) is 66.4 Å². The molecule has 3 aromatic rings. The van der Waals surface area contributed by atoms with Crippen molar-refractivity contribution in [2.45, 2.75) is 13.0 Å². The summed E-state index contributed by atoms with van der Waals surface area (Å²) < 4.78 is 0. The van der Waals surface area contributed by atoms with E-state index in [0.717, 1.165) is 16.6 Å². The van der Waals surface area contributed by atoms with E-state index in [1.165, 1.54) is 5.56 Å². The number of benzene rings is 2. The van der Waals surface area contributed by atoms with Gasteiger partial charge in [0.1, 0.15) is 0 Å². The number of hydrogen-bond acceptors (Lipinski definition) is 3. The number of anilines is 2. The molecule has 0 spiro atoms. The second kappa shape index (κ2) is 5.21. The van der Waals surface area contributed by atoms with Crippen LogP contribution in [0.1, 0.15) is 18.5 Å². The third-order valence-corrected chi connectivity index (χ3v) is 3.47. The summed E-state index contributed by atoms with van der Waals surface area (Å²) in [7, 11) is 0. The van der Waals surface area contributed by atoms with E-state index < -0.39 is 0 Å². The number of pyridine rings is 1. The largest absolute Gasteiger partial charge is 0.396 e. The highest BCUT2D eigenvalue weighted by atomic mass is 14.9. The van der Waals surface area contributed by atoms with Crippen LogP contribution in [0.5, 0.6) is 0 Å². The molecule has 1 aromatic heterocycles. The van der Waals surface area contributed by atoms with Gasteiger partial charge < -0.3 is 11.1 Å². The third kappa shape index (κ3) is 2.30. The SMILES string of the molecule is CC(Nc1c(N)cnc2ccccc12)c1ccccc1. The number of nitrogen functional groups attached to an aromatic ring is 1. The number of rotatable bonds is 3. The quantitative estimate of drug-likeness (QED) is 0.751. The predicted molar refractivity (Wildman–Crippen MR) is 84.6 cm³/mol. The molecule has 3 nitrogen and oxygen atoms in total. The first kappa shape index (κ1) is 12.5. The van der Waals surface area contributed by atoms with E-state index in [0.29, 0.717) is 5.69 Å². The van der Waals surface area contributed by atoms with Crippen molar-refractivity contribution in [2.75, 3.05) is 11.1 Å². The van der Waals surface area contributed by atoms with Crippen LogP contribution in [0.2, 0.25) is 0 Å². The molecule has 0 fully saturated rings. The highest BCUT2D eigenvalue weighted by Crippen LogP contribution is 2.30. The summed E-state index contributed by atoms with van der Waals surface area (Å²) in [5, 5.41) is 4.56. The molecule has 1 unspecified atom stereocenters. The van der Waals surface area contributed by atoms with Crippen LogP contribution in [0, 0.1) is 0 Å². The molecule has 20 heavy (non-hydrogen) atoms. The maximum atomic E-state index is 6.09. The number of nitrogens with two attached hydrogens (primary N) is 1. The van der Waals surface area contributed by atoms with Crippen LogP contribution < -0.4 is 11.1 Å². The zero-order valence-corrected chi connectivity index (χ0v) is 11.4. The molecule has 0 amide bonds. The van der Waals surface area contributed by atoms with Crippen LogP contribution in [-0.4, -0.2) is 4.98 Å². The van der Waals surface area contributed by atoms with Crippen molar-refractivity contribution >= 4 is 22.3 Å². The van der Waals surface area contributed by atoms with Gasteiger partial charge in [-0.2, -0.15) is 0 Å². The van der Waals surface area contributed by atoms with E-state index in [1.807, 2.05) is 42.5 Å². The fourth-order valence-corrected chi connectivity index (χ4v) is 2.36. The highest BCUT2D eigenvalue weighted by molar-refractivity contribution is 5.96. The lowest BCUT2D eigenvalue weighted by Gasteiger charge is -2.18. The first-order chi connectivity index (χ1) is 9.75. The van der Waals surface area contributed by atoms with Crippen LogP contribution in [0.4, 0.5) is 11.4 Å². The fourth-order valence-electron chi connectivity index (χ4n) is 2.36. The van der Waals surface area contributed by atoms with Crippen molar-refractivity contribution in [1.82, 2.24) is 4.98 Å². The van der Waals surface area contributed by atoms with Crippen molar-refractivity contribution < 1.29 is 0 Å². The smallest absolute Gasteiger partial charge is 0.0743 e. The summed E-state index contributed by atoms with van der Waals surface area (Å²) in [5.41, 5.74) is 9.89. The maximum absolute atomic E-state index is 6.09. The van der Waals surface area contributed by atoms with Gasteiger partial charge in [-0.15, -0.1) is 0 Å². The Morgan fingerprint density at radius 3 is 2.50 bits per heavy atom. The first-order valence-electron chi connectivity index (χ1n) is 6.70. The topological polar surface area (TPSA) is 50.9 Å². The molecule has 0 aliphatic carbocycles. The summed E-state index contributed by atoms with van der Waals surface area (Å²) in [6.45, 7) is 2.13. The number of nitrogens with zero attached hydrogens (tertiary/aromatic N) is 1. The Morgan fingerprint density at radius 2 is 1.70 bits per heavy atom. The molecule has 100 valence electrons. The number of hydrogen-bond donors (Lipinski definition) is 2. The number of nitrogens with one attached hydrogen (secondary N) is 1. The predicted octanol–water partition coefficient (Wildman–Crippen LogP) is 3.99. The Labute approximate surface area is 118 Å². The molecule has 1 heterocycles. The molecule has 1 atom stereocenters. The minimum Gasteiger partial charge on any atom is -0.396 e. The Kier molecular flexibility index (Phi) is 3.25.